The van der Waals surface area contributed by atoms with Crippen molar-refractivity contribution < 1.29 is 9.26 Å². The number of rotatable bonds is 2. The lowest BCUT2D eigenvalue weighted by Gasteiger charge is -2.26. The summed E-state index contributed by atoms with van der Waals surface area (Å²) in [5.74, 6) is 0. The summed E-state index contributed by atoms with van der Waals surface area (Å²) in [5, 5.41) is 3.76. The molecule has 0 radical (unpaired) electrons. The van der Waals surface area contributed by atoms with E-state index < -0.39 is 0 Å². The van der Waals surface area contributed by atoms with Gasteiger partial charge in [0, 0.05) is 12.1 Å². The number of ether oxygens (including phenoxy) is 1. The first-order chi connectivity index (χ1) is 8.40. The molecule has 0 fully saturated rings. The van der Waals surface area contributed by atoms with Crippen molar-refractivity contribution in [2.75, 3.05) is 13.2 Å². The Kier molecular flexibility index (Phi) is 4.01. The van der Waals surface area contributed by atoms with Crippen molar-refractivity contribution in [1.82, 2.24) is 5.16 Å². The van der Waals surface area contributed by atoms with E-state index in [1.54, 1.807) is 12.5 Å². The van der Waals surface area contributed by atoms with Gasteiger partial charge in [-0.25, -0.2) is 0 Å². The van der Waals surface area contributed by atoms with Gasteiger partial charge in [-0.2, -0.15) is 0 Å². The Morgan fingerprint density at radius 3 is 3.00 bits per heavy atom. The fraction of sp³-hybridized carbons (Fsp3) is 0.308. The van der Waals surface area contributed by atoms with Crippen LogP contribution in [0.3, 0.4) is 0 Å². The molecule has 0 aliphatic carbocycles. The first-order valence-electron chi connectivity index (χ1n) is 5.73. The number of halogens is 1. The van der Waals surface area contributed by atoms with E-state index in [2.05, 4.69) is 17.3 Å². The first-order valence-corrected chi connectivity index (χ1v) is 5.73. The molecule has 18 heavy (non-hydrogen) atoms. The number of hydrogen-bond donors (Lipinski definition) is 1. The third kappa shape index (κ3) is 2.14. The summed E-state index contributed by atoms with van der Waals surface area (Å²) in [6.45, 7) is 1.23. The second-order valence-electron chi connectivity index (χ2n) is 4.13. The van der Waals surface area contributed by atoms with Crippen LogP contribution >= 0.6 is 12.4 Å². The van der Waals surface area contributed by atoms with Crippen molar-refractivity contribution >= 4 is 12.4 Å². The number of aromatic nitrogens is 1. The Bertz CT molecular complexity index is 514. The van der Waals surface area contributed by atoms with Gasteiger partial charge in [-0.1, -0.05) is 23.4 Å². The highest BCUT2D eigenvalue weighted by atomic mass is 35.5. The molecule has 1 aromatic heterocycles. The van der Waals surface area contributed by atoms with Crippen LogP contribution < -0.4 is 5.73 Å². The number of nitrogens with two attached hydrogens (primary N) is 1. The van der Waals surface area contributed by atoms with E-state index in [-0.39, 0.29) is 18.5 Å². The van der Waals surface area contributed by atoms with Crippen LogP contribution in [0.5, 0.6) is 0 Å². The van der Waals surface area contributed by atoms with Crippen LogP contribution in [0, 0.1) is 0 Å². The van der Waals surface area contributed by atoms with Crippen LogP contribution in [0.15, 0.2) is 35.2 Å². The Morgan fingerprint density at radius 2 is 2.28 bits per heavy atom. The van der Waals surface area contributed by atoms with Crippen molar-refractivity contribution in [3.8, 4) is 11.1 Å². The monoisotopic (exact) mass is 266 g/mol. The minimum Gasteiger partial charge on any atom is -0.372 e. The molecule has 2 aromatic rings. The van der Waals surface area contributed by atoms with E-state index in [0.29, 0.717) is 6.54 Å². The van der Waals surface area contributed by atoms with Gasteiger partial charge < -0.3 is 15.0 Å². The molecule has 0 spiro atoms. The summed E-state index contributed by atoms with van der Waals surface area (Å²) in [4.78, 5) is 0. The SMILES string of the molecule is Cl.NCC1OCCc2c(-c3cnoc3)cccc21. The lowest BCUT2D eigenvalue weighted by molar-refractivity contribution is 0.0486. The molecule has 1 aromatic carbocycles. The van der Waals surface area contributed by atoms with Crippen LogP contribution in [0.2, 0.25) is 0 Å². The zero-order valence-electron chi connectivity index (χ0n) is 9.83. The van der Waals surface area contributed by atoms with Crippen molar-refractivity contribution in [2.24, 2.45) is 5.73 Å². The van der Waals surface area contributed by atoms with Crippen LogP contribution in [0.25, 0.3) is 11.1 Å². The summed E-state index contributed by atoms with van der Waals surface area (Å²) >= 11 is 0. The van der Waals surface area contributed by atoms with Crippen molar-refractivity contribution in [2.45, 2.75) is 12.5 Å². The average molecular weight is 267 g/mol. The standard InChI is InChI=1S/C13H14N2O2.ClH/c14-6-13-12-3-1-2-10(9-7-15-17-8-9)11(12)4-5-16-13;/h1-3,7-8,13H,4-6,14H2;1H. The number of fused-ring (bicyclic) bond motifs is 1. The molecule has 4 nitrogen and oxygen atoms in total. The number of benzene rings is 1. The molecule has 1 aliphatic heterocycles. The summed E-state index contributed by atoms with van der Waals surface area (Å²) in [7, 11) is 0. The Balaban J connectivity index is 0.00000120. The molecule has 5 heteroatoms. The van der Waals surface area contributed by atoms with Crippen LogP contribution in [-0.2, 0) is 11.2 Å². The van der Waals surface area contributed by atoms with Gasteiger partial charge in [-0.05, 0) is 23.1 Å². The highest BCUT2D eigenvalue weighted by molar-refractivity contribution is 5.85. The second kappa shape index (κ2) is 5.52. The molecular weight excluding hydrogens is 252 g/mol. The summed E-state index contributed by atoms with van der Waals surface area (Å²) in [5.41, 5.74) is 10.4. The third-order valence-electron chi connectivity index (χ3n) is 3.19. The molecule has 1 aliphatic rings. The van der Waals surface area contributed by atoms with Gasteiger partial charge in [-0.15, -0.1) is 12.4 Å². The fourth-order valence-electron chi connectivity index (χ4n) is 2.38. The van der Waals surface area contributed by atoms with E-state index in [4.69, 9.17) is 15.0 Å². The Hall–Kier alpha value is -1.36. The largest absolute Gasteiger partial charge is 0.372 e. The van der Waals surface area contributed by atoms with E-state index in [1.807, 2.05) is 6.07 Å². The van der Waals surface area contributed by atoms with E-state index >= 15 is 0 Å². The predicted octanol–water partition coefficient (Wildman–Crippen LogP) is 2.34. The van der Waals surface area contributed by atoms with Gasteiger partial charge in [0.05, 0.1) is 18.9 Å². The highest BCUT2D eigenvalue weighted by Crippen LogP contribution is 2.33. The van der Waals surface area contributed by atoms with E-state index in [9.17, 15) is 0 Å². The number of hydrogen-bond acceptors (Lipinski definition) is 4. The van der Waals surface area contributed by atoms with Crippen molar-refractivity contribution in [3.63, 3.8) is 0 Å². The molecule has 2 heterocycles. The second-order valence-corrected chi connectivity index (χ2v) is 4.13. The van der Waals surface area contributed by atoms with Gasteiger partial charge in [0.1, 0.15) is 6.26 Å². The Morgan fingerprint density at radius 1 is 1.39 bits per heavy atom. The molecule has 0 saturated heterocycles. The quantitative estimate of drug-likeness (QED) is 0.906. The third-order valence-corrected chi connectivity index (χ3v) is 3.19. The first kappa shape index (κ1) is 13.1. The van der Waals surface area contributed by atoms with Gasteiger partial charge >= 0.3 is 0 Å². The maximum Gasteiger partial charge on any atom is 0.131 e. The summed E-state index contributed by atoms with van der Waals surface area (Å²) < 4.78 is 10.6. The molecule has 2 N–H and O–H groups in total. The topological polar surface area (TPSA) is 61.3 Å². The fourth-order valence-corrected chi connectivity index (χ4v) is 2.38. The molecule has 0 bridgehead atoms. The molecule has 96 valence electrons. The lowest BCUT2D eigenvalue weighted by Crippen LogP contribution is -2.23. The maximum absolute atomic E-state index is 5.73. The minimum absolute atomic E-state index is 0. The van der Waals surface area contributed by atoms with Crippen molar-refractivity contribution in [1.29, 1.82) is 0 Å². The predicted molar refractivity (Wildman–Crippen MR) is 70.6 cm³/mol. The Labute approximate surface area is 112 Å². The van der Waals surface area contributed by atoms with Gasteiger partial charge in [0.2, 0.25) is 0 Å². The van der Waals surface area contributed by atoms with Gasteiger partial charge in [-0.3, -0.25) is 0 Å². The number of nitrogens with zero attached hydrogens (tertiary/aromatic N) is 1. The molecule has 0 saturated carbocycles. The normalized spacial score (nSPS) is 17.9. The van der Waals surface area contributed by atoms with Crippen molar-refractivity contribution in [3.05, 3.63) is 41.8 Å². The van der Waals surface area contributed by atoms with Gasteiger partial charge in [0.15, 0.2) is 0 Å². The smallest absolute Gasteiger partial charge is 0.131 e. The molecule has 1 atom stereocenters. The zero-order chi connectivity index (χ0) is 11.7. The summed E-state index contributed by atoms with van der Waals surface area (Å²) in [6, 6.07) is 6.20. The van der Waals surface area contributed by atoms with Gasteiger partial charge in [0.25, 0.3) is 0 Å². The van der Waals surface area contributed by atoms with E-state index in [1.165, 1.54) is 16.7 Å². The minimum atomic E-state index is 0. The van der Waals surface area contributed by atoms with E-state index in [0.717, 1.165) is 18.6 Å². The zero-order valence-corrected chi connectivity index (χ0v) is 10.7. The van der Waals surface area contributed by atoms with Crippen LogP contribution in [0.1, 0.15) is 17.2 Å². The molecule has 3 rings (SSSR count). The van der Waals surface area contributed by atoms with Crippen LogP contribution in [-0.4, -0.2) is 18.3 Å². The highest BCUT2D eigenvalue weighted by Gasteiger charge is 2.22. The summed E-state index contributed by atoms with van der Waals surface area (Å²) in [6.07, 6.45) is 4.33. The molecular formula is C13H15ClN2O2. The molecule has 1 unspecified atom stereocenters. The lowest BCUT2D eigenvalue weighted by atomic mass is 9.91. The average Bonchev–Trinajstić information content (AvgIpc) is 2.91. The molecule has 0 amide bonds. The maximum atomic E-state index is 5.73. The van der Waals surface area contributed by atoms with Crippen LogP contribution in [0.4, 0.5) is 0 Å².